The average Bonchev–Trinajstić information content (AvgIpc) is 2.52. The molecular weight excluding hydrogens is 316 g/mol. The van der Waals surface area contributed by atoms with Crippen LogP contribution in [0, 0.1) is 6.92 Å². The Morgan fingerprint density at radius 1 is 1.04 bits per heavy atom. The molecule has 0 radical (unpaired) electrons. The van der Waals surface area contributed by atoms with E-state index in [1.165, 1.54) is 12.1 Å². The molecule has 2 aromatic carbocycles. The van der Waals surface area contributed by atoms with Crippen molar-refractivity contribution in [1.29, 1.82) is 0 Å². The fourth-order valence-electron chi connectivity index (χ4n) is 1.78. The van der Waals surface area contributed by atoms with Crippen molar-refractivity contribution in [2.24, 2.45) is 0 Å². The molecule has 0 fully saturated rings. The highest BCUT2D eigenvalue weighted by Gasteiger charge is 2.16. The van der Waals surface area contributed by atoms with Gasteiger partial charge in [-0.05, 0) is 31.2 Å². The van der Waals surface area contributed by atoms with Crippen molar-refractivity contribution >= 4 is 16.1 Å². The fraction of sp³-hybridized carbons (Fsp3) is 0.188. The Hall–Kier alpha value is -2.54. The summed E-state index contributed by atoms with van der Waals surface area (Å²) in [6, 6.07) is 14.6. The highest BCUT2D eigenvalue weighted by molar-refractivity contribution is 7.90. The average molecular weight is 334 g/mol. The molecular formula is C16H18N2O4S. The Labute approximate surface area is 135 Å². The molecule has 0 saturated heterocycles. The predicted octanol–water partition coefficient (Wildman–Crippen LogP) is 2.06. The van der Waals surface area contributed by atoms with Crippen LogP contribution in [0.4, 0.5) is 4.79 Å². The molecule has 122 valence electrons. The Bertz CT molecular complexity index is 743. The lowest BCUT2D eigenvalue weighted by Crippen LogP contribution is -2.40. The predicted molar refractivity (Wildman–Crippen MR) is 86.8 cm³/mol. The Morgan fingerprint density at radius 2 is 1.70 bits per heavy atom. The number of urea groups is 1. The number of benzene rings is 2. The van der Waals surface area contributed by atoms with Crippen molar-refractivity contribution in [2.75, 3.05) is 13.2 Å². The maximum atomic E-state index is 12.0. The lowest BCUT2D eigenvalue weighted by molar-refractivity contribution is 0.241. The van der Waals surface area contributed by atoms with Gasteiger partial charge < -0.3 is 10.1 Å². The zero-order valence-corrected chi connectivity index (χ0v) is 13.5. The first-order valence-electron chi connectivity index (χ1n) is 7.02. The molecule has 6 nitrogen and oxygen atoms in total. The summed E-state index contributed by atoms with van der Waals surface area (Å²) < 4.78 is 31.4. The third-order valence-corrected chi connectivity index (χ3v) is 4.30. The molecule has 7 heteroatoms. The van der Waals surface area contributed by atoms with Gasteiger partial charge >= 0.3 is 6.03 Å². The van der Waals surface area contributed by atoms with Crippen molar-refractivity contribution in [3.63, 3.8) is 0 Å². The largest absolute Gasteiger partial charge is 0.492 e. The summed E-state index contributed by atoms with van der Waals surface area (Å²) in [6.07, 6.45) is 0. The molecule has 0 aliphatic rings. The van der Waals surface area contributed by atoms with Crippen molar-refractivity contribution in [2.45, 2.75) is 11.8 Å². The van der Waals surface area contributed by atoms with E-state index < -0.39 is 16.1 Å². The lowest BCUT2D eigenvalue weighted by Gasteiger charge is -2.10. The summed E-state index contributed by atoms with van der Waals surface area (Å²) in [5, 5.41) is 2.44. The van der Waals surface area contributed by atoms with E-state index in [9.17, 15) is 13.2 Å². The van der Waals surface area contributed by atoms with Gasteiger partial charge in [0.15, 0.2) is 0 Å². The molecule has 0 aliphatic heterocycles. The van der Waals surface area contributed by atoms with Gasteiger partial charge in [0.25, 0.3) is 10.0 Å². The highest BCUT2D eigenvalue weighted by atomic mass is 32.2. The molecule has 23 heavy (non-hydrogen) atoms. The van der Waals surface area contributed by atoms with Gasteiger partial charge in [-0.1, -0.05) is 35.9 Å². The van der Waals surface area contributed by atoms with Crippen molar-refractivity contribution < 1.29 is 17.9 Å². The zero-order chi connectivity index (χ0) is 16.7. The number of para-hydroxylation sites is 1. The van der Waals surface area contributed by atoms with E-state index >= 15 is 0 Å². The van der Waals surface area contributed by atoms with E-state index in [1.54, 1.807) is 24.3 Å². The molecule has 2 aromatic rings. The van der Waals surface area contributed by atoms with Crippen LogP contribution < -0.4 is 14.8 Å². The van der Waals surface area contributed by atoms with E-state index in [0.717, 1.165) is 5.56 Å². The molecule has 0 heterocycles. The monoisotopic (exact) mass is 334 g/mol. The number of sulfonamides is 1. The standard InChI is InChI=1S/C16H18N2O4S/c1-13-7-9-15(10-8-13)23(20,21)18-16(19)17-11-12-22-14-5-3-2-4-6-14/h2-10H,11-12H2,1H3,(H2,17,18,19). The molecule has 0 spiro atoms. The number of carbonyl (C=O) groups is 1. The lowest BCUT2D eigenvalue weighted by atomic mass is 10.2. The zero-order valence-electron chi connectivity index (χ0n) is 12.7. The van der Waals surface area contributed by atoms with E-state index in [1.807, 2.05) is 29.8 Å². The summed E-state index contributed by atoms with van der Waals surface area (Å²) in [7, 11) is -3.87. The number of carbonyl (C=O) groups excluding carboxylic acids is 1. The number of hydrogen-bond donors (Lipinski definition) is 2. The quantitative estimate of drug-likeness (QED) is 0.792. The number of aryl methyl sites for hydroxylation is 1. The van der Waals surface area contributed by atoms with Crippen molar-refractivity contribution in [3.8, 4) is 5.75 Å². The first-order valence-corrected chi connectivity index (χ1v) is 8.51. The van der Waals surface area contributed by atoms with E-state index in [0.29, 0.717) is 5.75 Å². The number of nitrogens with one attached hydrogen (secondary N) is 2. The molecule has 0 atom stereocenters. The van der Waals surface area contributed by atoms with Crippen LogP contribution in [0.1, 0.15) is 5.56 Å². The second-order valence-corrected chi connectivity index (χ2v) is 6.52. The van der Waals surface area contributed by atoms with Crippen LogP contribution in [0.3, 0.4) is 0 Å². The molecule has 0 aliphatic carbocycles. The molecule has 2 amide bonds. The third kappa shape index (κ3) is 5.30. The van der Waals surface area contributed by atoms with Gasteiger partial charge in [-0.2, -0.15) is 0 Å². The highest BCUT2D eigenvalue weighted by Crippen LogP contribution is 2.09. The fourth-order valence-corrected chi connectivity index (χ4v) is 2.71. The van der Waals surface area contributed by atoms with Crippen LogP contribution in [0.2, 0.25) is 0 Å². The van der Waals surface area contributed by atoms with Crippen LogP contribution in [0.25, 0.3) is 0 Å². The number of rotatable bonds is 6. The minimum atomic E-state index is -3.87. The van der Waals surface area contributed by atoms with Gasteiger partial charge in [0.05, 0.1) is 11.4 Å². The minimum absolute atomic E-state index is 0.0405. The third-order valence-electron chi connectivity index (χ3n) is 2.96. The second-order valence-electron chi connectivity index (χ2n) is 4.84. The Kier molecular flexibility index (Phi) is 5.59. The molecule has 2 rings (SSSR count). The molecule has 2 N–H and O–H groups in total. The number of amides is 2. The van der Waals surface area contributed by atoms with Crippen LogP contribution in [0.15, 0.2) is 59.5 Å². The molecule has 0 bridgehead atoms. The summed E-state index contributed by atoms with van der Waals surface area (Å²) in [5.41, 5.74) is 0.937. The van der Waals surface area contributed by atoms with E-state index in [-0.39, 0.29) is 18.0 Å². The summed E-state index contributed by atoms with van der Waals surface area (Å²) in [5.74, 6) is 0.682. The summed E-state index contributed by atoms with van der Waals surface area (Å²) in [4.78, 5) is 11.7. The van der Waals surface area contributed by atoms with Gasteiger partial charge in [0.2, 0.25) is 0 Å². The minimum Gasteiger partial charge on any atom is -0.492 e. The van der Waals surface area contributed by atoms with Crippen LogP contribution in [-0.4, -0.2) is 27.6 Å². The number of ether oxygens (including phenoxy) is 1. The van der Waals surface area contributed by atoms with E-state index in [2.05, 4.69) is 5.32 Å². The van der Waals surface area contributed by atoms with Crippen LogP contribution in [-0.2, 0) is 10.0 Å². The van der Waals surface area contributed by atoms with Gasteiger partial charge in [0.1, 0.15) is 12.4 Å². The van der Waals surface area contributed by atoms with Crippen molar-refractivity contribution in [3.05, 3.63) is 60.2 Å². The first-order chi connectivity index (χ1) is 11.0. The van der Waals surface area contributed by atoms with Crippen molar-refractivity contribution in [1.82, 2.24) is 10.0 Å². The molecule has 0 aromatic heterocycles. The SMILES string of the molecule is Cc1ccc(S(=O)(=O)NC(=O)NCCOc2ccccc2)cc1. The topological polar surface area (TPSA) is 84.5 Å². The second kappa shape index (κ2) is 7.64. The maximum Gasteiger partial charge on any atom is 0.328 e. The maximum absolute atomic E-state index is 12.0. The van der Waals surface area contributed by atoms with Crippen LogP contribution in [0.5, 0.6) is 5.75 Å². The molecule has 0 unspecified atom stereocenters. The van der Waals surface area contributed by atoms with E-state index in [4.69, 9.17) is 4.74 Å². The summed E-state index contributed by atoms with van der Waals surface area (Å²) in [6.45, 7) is 2.27. The van der Waals surface area contributed by atoms with Gasteiger partial charge in [0, 0.05) is 0 Å². The number of hydrogen-bond acceptors (Lipinski definition) is 4. The Morgan fingerprint density at radius 3 is 2.35 bits per heavy atom. The summed E-state index contributed by atoms with van der Waals surface area (Å²) >= 11 is 0. The first kappa shape index (κ1) is 16.8. The van der Waals surface area contributed by atoms with Gasteiger partial charge in [-0.3, -0.25) is 0 Å². The normalized spacial score (nSPS) is 10.8. The molecule has 0 saturated carbocycles. The Balaban J connectivity index is 1.79. The van der Waals surface area contributed by atoms with Gasteiger partial charge in [-0.25, -0.2) is 17.9 Å². The smallest absolute Gasteiger partial charge is 0.328 e. The van der Waals surface area contributed by atoms with Crippen LogP contribution >= 0.6 is 0 Å². The van der Waals surface area contributed by atoms with Gasteiger partial charge in [-0.15, -0.1) is 0 Å².